The van der Waals surface area contributed by atoms with Gasteiger partial charge in [0, 0.05) is 12.2 Å². The van der Waals surface area contributed by atoms with Gasteiger partial charge in [-0.1, -0.05) is 18.2 Å². The first kappa shape index (κ1) is 15.9. The Hall–Kier alpha value is -2.08. The van der Waals surface area contributed by atoms with Crippen LogP contribution in [0.1, 0.15) is 13.8 Å². The number of aliphatic hydroxyl groups is 1. The smallest absolute Gasteiger partial charge is 0.409 e. The van der Waals surface area contributed by atoms with Crippen molar-refractivity contribution in [2.24, 2.45) is 0 Å². The van der Waals surface area contributed by atoms with Gasteiger partial charge in [0.15, 0.2) is 0 Å². The van der Waals surface area contributed by atoms with Gasteiger partial charge < -0.3 is 15.5 Å². The van der Waals surface area contributed by atoms with E-state index in [1.807, 2.05) is 6.07 Å². The van der Waals surface area contributed by atoms with E-state index >= 15 is 0 Å². The summed E-state index contributed by atoms with van der Waals surface area (Å²) in [5.41, 5.74) is 0.593. The molecule has 0 saturated carbocycles. The third-order valence-electron chi connectivity index (χ3n) is 1.76. The van der Waals surface area contributed by atoms with Gasteiger partial charge in [-0.05, 0) is 26.0 Å². The molecular formula is C12H18N2O4. The van der Waals surface area contributed by atoms with Crippen LogP contribution in [0, 0.1) is 0 Å². The number of para-hydroxylation sites is 1. The Kier molecular flexibility index (Phi) is 7.96. The second-order valence-electron chi connectivity index (χ2n) is 3.37. The van der Waals surface area contributed by atoms with Gasteiger partial charge in [0.25, 0.3) is 0 Å². The van der Waals surface area contributed by atoms with E-state index < -0.39 is 12.2 Å². The van der Waals surface area contributed by atoms with Gasteiger partial charge in [0.2, 0.25) is 5.91 Å². The highest BCUT2D eigenvalue weighted by atomic mass is 16.4. The van der Waals surface area contributed by atoms with Gasteiger partial charge in [-0.2, -0.15) is 0 Å². The summed E-state index contributed by atoms with van der Waals surface area (Å²) < 4.78 is 0. The zero-order chi connectivity index (χ0) is 14.0. The van der Waals surface area contributed by atoms with Crippen LogP contribution in [0.15, 0.2) is 30.3 Å². The molecule has 18 heavy (non-hydrogen) atoms. The van der Waals surface area contributed by atoms with E-state index in [2.05, 4.69) is 10.6 Å². The molecule has 1 rings (SSSR count). The van der Waals surface area contributed by atoms with Gasteiger partial charge in [0.05, 0.1) is 0 Å². The molecule has 0 heterocycles. The van der Waals surface area contributed by atoms with Crippen molar-refractivity contribution in [1.82, 2.24) is 5.32 Å². The van der Waals surface area contributed by atoms with Crippen molar-refractivity contribution in [3.63, 3.8) is 0 Å². The zero-order valence-corrected chi connectivity index (χ0v) is 10.4. The van der Waals surface area contributed by atoms with E-state index in [-0.39, 0.29) is 5.91 Å². The molecule has 0 radical (unpaired) electrons. The fourth-order valence-corrected chi connectivity index (χ4v) is 0.967. The van der Waals surface area contributed by atoms with E-state index in [1.165, 1.54) is 6.92 Å². The van der Waals surface area contributed by atoms with Gasteiger partial charge in [-0.15, -0.1) is 0 Å². The van der Waals surface area contributed by atoms with E-state index in [1.54, 1.807) is 31.2 Å². The number of anilines is 1. The number of benzene rings is 1. The fourth-order valence-electron chi connectivity index (χ4n) is 0.967. The van der Waals surface area contributed by atoms with Crippen molar-refractivity contribution < 1.29 is 19.8 Å². The summed E-state index contributed by atoms with van der Waals surface area (Å²) in [6.07, 6.45) is -1.92. The normalized spacial score (nSPS) is 10.6. The minimum absolute atomic E-state index is 0.312. The molecule has 0 spiro atoms. The van der Waals surface area contributed by atoms with Crippen LogP contribution >= 0.6 is 0 Å². The largest absolute Gasteiger partial charge is 0.465 e. The molecule has 6 heteroatoms. The maximum Gasteiger partial charge on any atom is 0.409 e. The molecule has 0 bridgehead atoms. The Bertz CT molecular complexity index is 366. The summed E-state index contributed by atoms with van der Waals surface area (Å²) in [4.78, 5) is 20.4. The van der Waals surface area contributed by atoms with Crippen LogP contribution < -0.4 is 10.6 Å². The Balaban J connectivity index is 0.000000331. The molecule has 6 nitrogen and oxygen atoms in total. The van der Waals surface area contributed by atoms with Crippen molar-refractivity contribution in [2.75, 3.05) is 11.9 Å². The third-order valence-corrected chi connectivity index (χ3v) is 1.76. The molecule has 100 valence electrons. The number of likely N-dealkylation sites (N-methyl/N-ethyl adjacent to an activating group) is 1. The zero-order valence-electron chi connectivity index (χ0n) is 10.4. The number of carbonyl (C=O) groups is 2. The number of amides is 2. The summed E-state index contributed by atoms with van der Waals surface area (Å²) >= 11 is 0. The number of hydrogen-bond donors (Lipinski definition) is 4. The summed E-state index contributed by atoms with van der Waals surface area (Å²) in [7, 11) is 0. The summed E-state index contributed by atoms with van der Waals surface area (Å²) in [5.74, 6) is -0.312. The van der Waals surface area contributed by atoms with Crippen LogP contribution in [0.25, 0.3) is 0 Å². The average molecular weight is 254 g/mol. The second-order valence-corrected chi connectivity index (χ2v) is 3.37. The standard InChI is InChI=1S/C7H7NO2.C5H11NO2/c9-7(10)8-6-4-2-1-3-5-6;1-3-6-5(8)4(2)7/h1-5,8H,(H,9,10);4,7H,3H2,1-2H3,(H,6,8). The highest BCUT2D eigenvalue weighted by molar-refractivity contribution is 5.82. The molecule has 0 aliphatic heterocycles. The highest BCUT2D eigenvalue weighted by Gasteiger charge is 2.04. The molecule has 0 aliphatic rings. The Morgan fingerprint density at radius 3 is 2.17 bits per heavy atom. The van der Waals surface area contributed by atoms with Crippen molar-refractivity contribution in [3.05, 3.63) is 30.3 Å². The van der Waals surface area contributed by atoms with Gasteiger partial charge in [-0.3, -0.25) is 10.1 Å². The van der Waals surface area contributed by atoms with E-state index in [0.717, 1.165) is 0 Å². The van der Waals surface area contributed by atoms with E-state index in [4.69, 9.17) is 10.2 Å². The van der Waals surface area contributed by atoms with Crippen LogP contribution in [0.2, 0.25) is 0 Å². The molecule has 1 unspecified atom stereocenters. The van der Waals surface area contributed by atoms with Crippen LogP contribution in [0.3, 0.4) is 0 Å². The third kappa shape index (κ3) is 8.12. The summed E-state index contributed by atoms with van der Waals surface area (Å²) in [5, 5.41) is 21.5. The predicted molar refractivity (Wildman–Crippen MR) is 68.5 cm³/mol. The first-order valence-corrected chi connectivity index (χ1v) is 5.48. The first-order chi connectivity index (χ1) is 8.47. The lowest BCUT2D eigenvalue weighted by Crippen LogP contribution is -2.31. The topological polar surface area (TPSA) is 98.7 Å². The number of rotatable bonds is 3. The van der Waals surface area contributed by atoms with Gasteiger partial charge in [0.1, 0.15) is 6.10 Å². The number of aliphatic hydroxyl groups excluding tert-OH is 1. The Morgan fingerprint density at radius 1 is 1.28 bits per heavy atom. The molecule has 0 aromatic heterocycles. The Morgan fingerprint density at radius 2 is 1.83 bits per heavy atom. The number of nitrogens with one attached hydrogen (secondary N) is 2. The van der Waals surface area contributed by atoms with E-state index in [9.17, 15) is 9.59 Å². The van der Waals surface area contributed by atoms with Crippen molar-refractivity contribution in [1.29, 1.82) is 0 Å². The lowest BCUT2D eigenvalue weighted by atomic mass is 10.3. The molecule has 0 fully saturated rings. The van der Waals surface area contributed by atoms with Crippen LogP contribution in [0.5, 0.6) is 0 Å². The molecule has 0 aliphatic carbocycles. The minimum Gasteiger partial charge on any atom is -0.465 e. The summed E-state index contributed by atoms with van der Waals surface area (Å²) in [6, 6.07) is 8.74. The average Bonchev–Trinajstić information content (AvgIpc) is 2.30. The number of hydrogen-bond acceptors (Lipinski definition) is 3. The van der Waals surface area contributed by atoms with Crippen molar-refractivity contribution in [2.45, 2.75) is 20.0 Å². The van der Waals surface area contributed by atoms with Crippen molar-refractivity contribution in [3.8, 4) is 0 Å². The van der Waals surface area contributed by atoms with Crippen LogP contribution in [-0.4, -0.2) is 34.9 Å². The Labute approximate surface area is 106 Å². The molecule has 4 N–H and O–H groups in total. The van der Waals surface area contributed by atoms with Gasteiger partial charge in [-0.25, -0.2) is 4.79 Å². The van der Waals surface area contributed by atoms with Gasteiger partial charge >= 0.3 is 6.09 Å². The molecular weight excluding hydrogens is 236 g/mol. The molecule has 1 atom stereocenters. The highest BCUT2D eigenvalue weighted by Crippen LogP contribution is 2.03. The second kappa shape index (κ2) is 9.00. The SMILES string of the molecule is CCNC(=O)C(C)O.O=C(O)Nc1ccccc1. The quantitative estimate of drug-likeness (QED) is 0.653. The maximum absolute atomic E-state index is 10.4. The van der Waals surface area contributed by atoms with Crippen LogP contribution in [0.4, 0.5) is 10.5 Å². The van der Waals surface area contributed by atoms with Crippen molar-refractivity contribution >= 4 is 17.7 Å². The monoisotopic (exact) mass is 254 g/mol. The predicted octanol–water partition coefficient (Wildman–Crippen LogP) is 1.28. The fraction of sp³-hybridized carbons (Fsp3) is 0.333. The maximum atomic E-state index is 10.4. The number of carboxylic acid groups (broad SMARTS) is 1. The summed E-state index contributed by atoms with van der Waals surface area (Å²) in [6.45, 7) is 3.81. The molecule has 1 aromatic rings. The first-order valence-electron chi connectivity index (χ1n) is 5.48. The lowest BCUT2D eigenvalue weighted by molar-refractivity contribution is -0.128. The molecule has 1 aromatic carbocycles. The lowest BCUT2D eigenvalue weighted by Gasteiger charge is -2.01. The number of carbonyl (C=O) groups excluding carboxylic acids is 1. The van der Waals surface area contributed by atoms with Crippen LogP contribution in [-0.2, 0) is 4.79 Å². The minimum atomic E-state index is -1.04. The molecule has 2 amide bonds. The molecule has 0 saturated heterocycles. The van der Waals surface area contributed by atoms with E-state index in [0.29, 0.717) is 12.2 Å².